The third-order valence-corrected chi connectivity index (χ3v) is 3.21. The highest BCUT2D eigenvalue weighted by Crippen LogP contribution is 2.29. The van der Waals surface area contributed by atoms with Gasteiger partial charge < -0.3 is 10.0 Å². The molecule has 1 N–H and O–H groups in total. The van der Waals surface area contributed by atoms with Gasteiger partial charge in [0.2, 0.25) is 0 Å². The molecule has 0 unspecified atom stereocenters. The number of aliphatic carboxylic acids is 1. The van der Waals surface area contributed by atoms with Crippen LogP contribution in [-0.2, 0) is 4.79 Å². The van der Waals surface area contributed by atoms with E-state index in [4.69, 9.17) is 16.7 Å². The molecule has 5 heteroatoms. The van der Waals surface area contributed by atoms with Crippen LogP contribution in [0.1, 0.15) is 28.8 Å². The lowest BCUT2D eigenvalue weighted by atomic mass is 10.1. The number of carbonyl (C=O) groups is 2. The molecule has 96 valence electrons. The van der Waals surface area contributed by atoms with Gasteiger partial charge in [-0.2, -0.15) is 0 Å². The van der Waals surface area contributed by atoms with E-state index < -0.39 is 5.97 Å². The van der Waals surface area contributed by atoms with Crippen LogP contribution in [0, 0.1) is 6.92 Å². The van der Waals surface area contributed by atoms with Crippen LogP contribution in [0.2, 0.25) is 5.02 Å². The van der Waals surface area contributed by atoms with Crippen LogP contribution in [0.5, 0.6) is 0 Å². The van der Waals surface area contributed by atoms with E-state index in [-0.39, 0.29) is 18.5 Å². The molecule has 1 aliphatic carbocycles. The number of aryl methyl sites for hydroxylation is 1. The molecular weight excluding hydrogens is 254 g/mol. The van der Waals surface area contributed by atoms with Crippen molar-refractivity contribution in [1.82, 2.24) is 4.90 Å². The zero-order valence-electron chi connectivity index (χ0n) is 10.0. The average Bonchev–Trinajstić information content (AvgIpc) is 3.08. The summed E-state index contributed by atoms with van der Waals surface area (Å²) in [6.45, 7) is 1.55. The highest BCUT2D eigenvalue weighted by Gasteiger charge is 2.34. The second kappa shape index (κ2) is 4.98. The monoisotopic (exact) mass is 267 g/mol. The summed E-state index contributed by atoms with van der Waals surface area (Å²) in [5.74, 6) is -1.21. The Balaban J connectivity index is 2.24. The molecule has 1 amide bonds. The Morgan fingerprint density at radius 2 is 2.11 bits per heavy atom. The second-order valence-corrected chi connectivity index (χ2v) is 4.95. The predicted molar refractivity (Wildman–Crippen MR) is 67.9 cm³/mol. The van der Waals surface area contributed by atoms with Crippen molar-refractivity contribution in [2.24, 2.45) is 0 Å². The summed E-state index contributed by atoms with van der Waals surface area (Å²) in [5.41, 5.74) is 1.29. The summed E-state index contributed by atoms with van der Waals surface area (Å²) >= 11 is 5.84. The zero-order chi connectivity index (χ0) is 13.3. The van der Waals surface area contributed by atoms with Crippen molar-refractivity contribution in [2.75, 3.05) is 6.54 Å². The SMILES string of the molecule is Cc1cc(Cl)ccc1C(=O)N(CC(=O)O)C1CC1. The van der Waals surface area contributed by atoms with Crippen LogP contribution in [0.15, 0.2) is 18.2 Å². The van der Waals surface area contributed by atoms with E-state index in [1.54, 1.807) is 25.1 Å². The lowest BCUT2D eigenvalue weighted by Gasteiger charge is -2.21. The molecule has 0 spiro atoms. The number of carbonyl (C=O) groups excluding carboxylic acids is 1. The minimum absolute atomic E-state index is 0.0729. The van der Waals surface area contributed by atoms with Gasteiger partial charge in [-0.15, -0.1) is 0 Å². The fourth-order valence-electron chi connectivity index (χ4n) is 1.92. The molecule has 1 aromatic carbocycles. The molecule has 4 nitrogen and oxygen atoms in total. The van der Waals surface area contributed by atoms with Crippen molar-refractivity contribution in [3.8, 4) is 0 Å². The molecule has 1 aliphatic rings. The molecule has 0 saturated heterocycles. The Labute approximate surface area is 110 Å². The van der Waals surface area contributed by atoms with E-state index in [0.717, 1.165) is 18.4 Å². The first-order valence-electron chi connectivity index (χ1n) is 5.78. The third-order valence-electron chi connectivity index (χ3n) is 2.97. The van der Waals surface area contributed by atoms with Gasteiger partial charge in [-0.05, 0) is 43.5 Å². The number of nitrogens with zero attached hydrogens (tertiary/aromatic N) is 1. The standard InChI is InChI=1S/C13H14ClNO3/c1-8-6-9(14)2-5-11(8)13(18)15(7-12(16)17)10-3-4-10/h2,5-6,10H,3-4,7H2,1H3,(H,16,17). The van der Waals surface area contributed by atoms with Crippen LogP contribution in [0.25, 0.3) is 0 Å². The van der Waals surface area contributed by atoms with Crippen molar-refractivity contribution >= 4 is 23.5 Å². The second-order valence-electron chi connectivity index (χ2n) is 4.52. The summed E-state index contributed by atoms with van der Waals surface area (Å²) in [4.78, 5) is 24.5. The van der Waals surface area contributed by atoms with Gasteiger partial charge in [-0.3, -0.25) is 9.59 Å². The minimum atomic E-state index is -0.984. The Hall–Kier alpha value is -1.55. The zero-order valence-corrected chi connectivity index (χ0v) is 10.8. The molecule has 0 radical (unpaired) electrons. The van der Waals surface area contributed by atoms with E-state index >= 15 is 0 Å². The van der Waals surface area contributed by atoms with E-state index in [2.05, 4.69) is 0 Å². The van der Waals surface area contributed by atoms with E-state index in [1.807, 2.05) is 0 Å². The number of halogens is 1. The van der Waals surface area contributed by atoms with Crippen LogP contribution in [-0.4, -0.2) is 34.5 Å². The fourth-order valence-corrected chi connectivity index (χ4v) is 2.15. The first kappa shape index (κ1) is 12.9. The Morgan fingerprint density at radius 1 is 1.44 bits per heavy atom. The molecular formula is C13H14ClNO3. The number of hydrogen-bond acceptors (Lipinski definition) is 2. The van der Waals surface area contributed by atoms with Gasteiger partial charge in [0, 0.05) is 16.6 Å². The normalized spacial score (nSPS) is 14.3. The summed E-state index contributed by atoms with van der Waals surface area (Å²) in [5, 5.41) is 9.42. The smallest absolute Gasteiger partial charge is 0.323 e. The van der Waals surface area contributed by atoms with Gasteiger partial charge in [0.1, 0.15) is 6.54 Å². The molecule has 1 fully saturated rings. The van der Waals surface area contributed by atoms with Gasteiger partial charge in [0.25, 0.3) is 5.91 Å². The first-order chi connectivity index (χ1) is 8.49. The van der Waals surface area contributed by atoms with Gasteiger partial charge >= 0.3 is 5.97 Å². The average molecular weight is 268 g/mol. The van der Waals surface area contributed by atoms with Crippen molar-refractivity contribution in [2.45, 2.75) is 25.8 Å². The number of amides is 1. The topological polar surface area (TPSA) is 57.6 Å². The number of benzene rings is 1. The molecule has 0 aromatic heterocycles. The van der Waals surface area contributed by atoms with E-state index in [0.29, 0.717) is 10.6 Å². The van der Waals surface area contributed by atoms with Gasteiger partial charge in [0.05, 0.1) is 0 Å². The lowest BCUT2D eigenvalue weighted by molar-refractivity contribution is -0.137. The highest BCUT2D eigenvalue weighted by atomic mass is 35.5. The fraction of sp³-hybridized carbons (Fsp3) is 0.385. The quantitative estimate of drug-likeness (QED) is 0.911. The predicted octanol–water partition coefficient (Wildman–Crippen LogP) is 2.34. The molecule has 1 saturated carbocycles. The lowest BCUT2D eigenvalue weighted by Crippen LogP contribution is -2.37. The highest BCUT2D eigenvalue weighted by molar-refractivity contribution is 6.30. The molecule has 18 heavy (non-hydrogen) atoms. The van der Waals surface area contributed by atoms with Crippen molar-refractivity contribution in [3.05, 3.63) is 34.3 Å². The van der Waals surface area contributed by atoms with Crippen LogP contribution in [0.4, 0.5) is 0 Å². The van der Waals surface area contributed by atoms with Gasteiger partial charge in [0.15, 0.2) is 0 Å². The van der Waals surface area contributed by atoms with E-state index in [1.165, 1.54) is 4.90 Å². The number of carboxylic acids is 1. The van der Waals surface area contributed by atoms with Crippen molar-refractivity contribution in [1.29, 1.82) is 0 Å². The van der Waals surface area contributed by atoms with Crippen LogP contribution in [0.3, 0.4) is 0 Å². The Morgan fingerprint density at radius 3 is 2.61 bits per heavy atom. The van der Waals surface area contributed by atoms with Crippen molar-refractivity contribution < 1.29 is 14.7 Å². The maximum Gasteiger partial charge on any atom is 0.323 e. The summed E-state index contributed by atoms with van der Waals surface area (Å²) in [6, 6.07) is 5.08. The number of hydrogen-bond donors (Lipinski definition) is 1. The maximum atomic E-state index is 12.3. The molecule has 0 aliphatic heterocycles. The maximum absolute atomic E-state index is 12.3. The van der Waals surface area contributed by atoms with Gasteiger partial charge in [-0.25, -0.2) is 0 Å². The van der Waals surface area contributed by atoms with Gasteiger partial charge in [-0.1, -0.05) is 11.6 Å². The van der Waals surface area contributed by atoms with Crippen molar-refractivity contribution in [3.63, 3.8) is 0 Å². The summed E-state index contributed by atoms with van der Waals surface area (Å²) in [7, 11) is 0. The molecule has 0 heterocycles. The first-order valence-corrected chi connectivity index (χ1v) is 6.15. The Kier molecular flexibility index (Phi) is 3.57. The molecule has 0 bridgehead atoms. The number of rotatable bonds is 4. The Bertz CT molecular complexity index is 497. The summed E-state index contributed by atoms with van der Waals surface area (Å²) in [6.07, 6.45) is 1.76. The van der Waals surface area contributed by atoms with E-state index in [9.17, 15) is 9.59 Å². The molecule has 0 atom stereocenters. The largest absolute Gasteiger partial charge is 0.480 e. The molecule has 2 rings (SSSR count). The van der Waals surface area contributed by atoms with Crippen LogP contribution >= 0.6 is 11.6 Å². The molecule has 1 aromatic rings. The minimum Gasteiger partial charge on any atom is -0.480 e. The van der Waals surface area contributed by atoms with Crippen LogP contribution < -0.4 is 0 Å². The number of carboxylic acid groups (broad SMARTS) is 1. The third kappa shape index (κ3) is 2.82. The summed E-state index contributed by atoms with van der Waals surface area (Å²) < 4.78 is 0.